The van der Waals surface area contributed by atoms with Gasteiger partial charge in [-0.2, -0.15) is 0 Å². The van der Waals surface area contributed by atoms with Gasteiger partial charge >= 0.3 is 0 Å². The maximum Gasteiger partial charge on any atom is 0.0573 e. The second-order valence-corrected chi connectivity index (χ2v) is 3.78. The van der Waals surface area contributed by atoms with Gasteiger partial charge in [0.1, 0.15) is 0 Å². The van der Waals surface area contributed by atoms with E-state index in [9.17, 15) is 5.11 Å². The minimum atomic E-state index is 0.0544. The molecule has 1 heteroatoms. The van der Waals surface area contributed by atoms with Crippen LogP contribution in [0.4, 0.5) is 0 Å². The Kier molecular flexibility index (Phi) is 1.10. The zero-order valence-electron chi connectivity index (χ0n) is 5.88. The first-order valence-corrected chi connectivity index (χ1v) is 3.95. The molecule has 2 aliphatic rings. The van der Waals surface area contributed by atoms with Crippen molar-refractivity contribution in [1.29, 1.82) is 0 Å². The van der Waals surface area contributed by atoms with Crippen LogP contribution >= 0.6 is 0 Å². The molecule has 0 aromatic carbocycles. The topological polar surface area (TPSA) is 20.2 Å². The molecule has 0 aromatic heterocycles. The van der Waals surface area contributed by atoms with E-state index in [4.69, 9.17) is 0 Å². The zero-order chi connectivity index (χ0) is 6.43. The Hall–Kier alpha value is -0.0400. The number of fused-ring (bicyclic) bond motifs is 2. The first kappa shape index (κ1) is 5.72. The number of aliphatic hydroxyl groups excluding tert-OH is 1. The fraction of sp³-hybridized carbons (Fsp3) is 1.00. The van der Waals surface area contributed by atoms with Crippen LogP contribution in [-0.2, 0) is 0 Å². The molecule has 2 saturated carbocycles. The molecule has 2 bridgehead atoms. The molecule has 0 amide bonds. The Balaban J connectivity index is 2.13. The van der Waals surface area contributed by atoms with Crippen LogP contribution < -0.4 is 0 Å². The van der Waals surface area contributed by atoms with Crippen LogP contribution in [0.25, 0.3) is 0 Å². The molecule has 0 aromatic rings. The van der Waals surface area contributed by atoms with Gasteiger partial charge in [0.2, 0.25) is 0 Å². The molecule has 2 rings (SSSR count). The highest BCUT2D eigenvalue weighted by Crippen LogP contribution is 2.47. The Labute approximate surface area is 56.1 Å². The van der Waals surface area contributed by atoms with Gasteiger partial charge in [-0.25, -0.2) is 0 Å². The summed E-state index contributed by atoms with van der Waals surface area (Å²) in [6.45, 7) is 2.27. The highest BCUT2D eigenvalue weighted by atomic mass is 16.3. The Morgan fingerprint density at radius 1 is 1.22 bits per heavy atom. The molecule has 0 saturated heterocycles. The third-order valence-electron chi connectivity index (χ3n) is 3.11. The lowest BCUT2D eigenvalue weighted by atomic mass is 9.88. The van der Waals surface area contributed by atoms with Crippen LogP contribution in [0, 0.1) is 17.8 Å². The first-order valence-electron chi connectivity index (χ1n) is 3.95. The lowest BCUT2D eigenvalue weighted by Gasteiger charge is -2.21. The molecule has 9 heavy (non-hydrogen) atoms. The first-order chi connectivity index (χ1) is 4.27. The van der Waals surface area contributed by atoms with Crippen molar-refractivity contribution in [2.45, 2.75) is 32.3 Å². The Morgan fingerprint density at radius 2 is 2.00 bits per heavy atom. The maximum absolute atomic E-state index is 9.39. The van der Waals surface area contributed by atoms with E-state index in [1.807, 2.05) is 0 Å². The molecule has 2 fully saturated rings. The SMILES string of the molecule is C[C@@H]1C[C@@H]2C[C@H]1[C@H](O)C2. The van der Waals surface area contributed by atoms with Gasteiger partial charge in [0.05, 0.1) is 6.10 Å². The molecule has 0 spiro atoms. The summed E-state index contributed by atoms with van der Waals surface area (Å²) in [4.78, 5) is 0. The molecular weight excluding hydrogens is 112 g/mol. The second kappa shape index (κ2) is 1.72. The summed E-state index contributed by atoms with van der Waals surface area (Å²) < 4.78 is 0. The molecule has 0 unspecified atom stereocenters. The number of hydrogen-bond acceptors (Lipinski definition) is 1. The van der Waals surface area contributed by atoms with Crippen molar-refractivity contribution in [3.8, 4) is 0 Å². The van der Waals surface area contributed by atoms with E-state index in [2.05, 4.69) is 6.92 Å². The van der Waals surface area contributed by atoms with E-state index >= 15 is 0 Å². The second-order valence-electron chi connectivity index (χ2n) is 3.78. The highest BCUT2D eigenvalue weighted by Gasteiger charge is 2.42. The van der Waals surface area contributed by atoms with E-state index in [-0.39, 0.29) is 6.10 Å². The summed E-state index contributed by atoms with van der Waals surface area (Å²) in [5, 5.41) is 9.39. The van der Waals surface area contributed by atoms with Crippen molar-refractivity contribution in [1.82, 2.24) is 0 Å². The number of hydrogen-bond donors (Lipinski definition) is 1. The van der Waals surface area contributed by atoms with Gasteiger partial charge in [0.15, 0.2) is 0 Å². The summed E-state index contributed by atoms with van der Waals surface area (Å²) in [7, 11) is 0. The molecule has 52 valence electrons. The fourth-order valence-electron chi connectivity index (χ4n) is 2.66. The summed E-state index contributed by atoms with van der Waals surface area (Å²) in [5.41, 5.74) is 0. The predicted molar refractivity (Wildman–Crippen MR) is 36.0 cm³/mol. The van der Waals surface area contributed by atoms with Gasteiger partial charge in [0.25, 0.3) is 0 Å². The van der Waals surface area contributed by atoms with Crippen molar-refractivity contribution < 1.29 is 5.11 Å². The third kappa shape index (κ3) is 0.710. The van der Waals surface area contributed by atoms with Crippen molar-refractivity contribution >= 4 is 0 Å². The lowest BCUT2D eigenvalue weighted by molar-refractivity contribution is 0.0866. The average molecular weight is 126 g/mol. The largest absolute Gasteiger partial charge is 0.393 e. The standard InChI is InChI=1S/C8H14O/c1-5-2-6-3-7(5)8(9)4-6/h5-9H,2-4H2,1H3/t5-,6-,7-,8-/m1/s1. The highest BCUT2D eigenvalue weighted by molar-refractivity contribution is 4.93. The van der Waals surface area contributed by atoms with Crippen LogP contribution in [0.3, 0.4) is 0 Å². The van der Waals surface area contributed by atoms with E-state index in [0.717, 1.165) is 18.3 Å². The predicted octanol–water partition coefficient (Wildman–Crippen LogP) is 1.41. The van der Waals surface area contributed by atoms with Crippen molar-refractivity contribution in [2.24, 2.45) is 17.8 Å². The summed E-state index contributed by atoms with van der Waals surface area (Å²) >= 11 is 0. The average Bonchev–Trinajstić information content (AvgIpc) is 2.22. The van der Waals surface area contributed by atoms with Crippen LogP contribution in [0.15, 0.2) is 0 Å². The van der Waals surface area contributed by atoms with Crippen LogP contribution in [-0.4, -0.2) is 11.2 Å². The minimum Gasteiger partial charge on any atom is -0.393 e. The van der Waals surface area contributed by atoms with Crippen LogP contribution in [0.2, 0.25) is 0 Å². The molecule has 0 aliphatic heterocycles. The molecule has 0 radical (unpaired) electrons. The summed E-state index contributed by atoms with van der Waals surface area (Å²) in [6, 6.07) is 0. The third-order valence-corrected chi connectivity index (χ3v) is 3.11. The fourth-order valence-corrected chi connectivity index (χ4v) is 2.66. The molecule has 0 heterocycles. The minimum absolute atomic E-state index is 0.0544. The Bertz CT molecular complexity index is 110. The van der Waals surface area contributed by atoms with Gasteiger partial charge in [-0.1, -0.05) is 6.92 Å². The Morgan fingerprint density at radius 3 is 2.33 bits per heavy atom. The van der Waals surface area contributed by atoms with Crippen LogP contribution in [0.1, 0.15) is 26.2 Å². The van der Waals surface area contributed by atoms with Crippen molar-refractivity contribution in [2.75, 3.05) is 0 Å². The van der Waals surface area contributed by atoms with Gasteiger partial charge in [-0.05, 0) is 37.0 Å². The molecule has 2 aliphatic carbocycles. The molecule has 4 atom stereocenters. The van der Waals surface area contributed by atoms with Gasteiger partial charge < -0.3 is 5.11 Å². The maximum atomic E-state index is 9.39. The van der Waals surface area contributed by atoms with E-state index in [1.165, 1.54) is 12.8 Å². The normalized spacial score (nSPS) is 56.7. The van der Waals surface area contributed by atoms with Crippen LogP contribution in [0.5, 0.6) is 0 Å². The lowest BCUT2D eigenvalue weighted by Crippen LogP contribution is -2.21. The van der Waals surface area contributed by atoms with Crippen molar-refractivity contribution in [3.63, 3.8) is 0 Å². The smallest absolute Gasteiger partial charge is 0.0573 e. The number of rotatable bonds is 0. The molecule has 1 N–H and O–H groups in total. The van der Waals surface area contributed by atoms with Crippen molar-refractivity contribution in [3.05, 3.63) is 0 Å². The summed E-state index contributed by atoms with van der Waals surface area (Å²) in [5.74, 6) is 2.34. The quantitative estimate of drug-likeness (QED) is 0.520. The molecule has 1 nitrogen and oxygen atoms in total. The van der Waals surface area contributed by atoms with E-state index in [0.29, 0.717) is 5.92 Å². The van der Waals surface area contributed by atoms with Gasteiger partial charge in [0, 0.05) is 0 Å². The summed E-state index contributed by atoms with van der Waals surface area (Å²) in [6.07, 6.45) is 3.83. The molecular formula is C8H14O. The van der Waals surface area contributed by atoms with Gasteiger partial charge in [-0.3, -0.25) is 0 Å². The van der Waals surface area contributed by atoms with Gasteiger partial charge in [-0.15, -0.1) is 0 Å². The van der Waals surface area contributed by atoms with E-state index < -0.39 is 0 Å². The number of aliphatic hydroxyl groups is 1. The zero-order valence-corrected chi connectivity index (χ0v) is 5.88. The monoisotopic (exact) mass is 126 g/mol. The van der Waals surface area contributed by atoms with E-state index in [1.54, 1.807) is 0 Å².